The number of alkyl carbamates (subject to hydrolysis) is 1. The first-order valence-corrected chi connectivity index (χ1v) is 10.7. The molecular formula is C26H23N3O3. The fourth-order valence-electron chi connectivity index (χ4n) is 4.28. The van der Waals surface area contributed by atoms with E-state index >= 15 is 0 Å². The Hall–Kier alpha value is -4.06. The van der Waals surface area contributed by atoms with E-state index in [1.165, 1.54) is 22.3 Å². The number of carbonyl (C=O) groups is 1. The van der Waals surface area contributed by atoms with Crippen LogP contribution in [0.25, 0.3) is 28.2 Å². The van der Waals surface area contributed by atoms with Crippen LogP contribution in [0.5, 0.6) is 0 Å². The van der Waals surface area contributed by atoms with Crippen molar-refractivity contribution in [2.45, 2.75) is 12.3 Å². The number of aromatic amines is 2. The number of amides is 1. The van der Waals surface area contributed by atoms with Gasteiger partial charge in [-0.3, -0.25) is 0 Å². The van der Waals surface area contributed by atoms with E-state index in [1.54, 1.807) is 0 Å². The zero-order chi connectivity index (χ0) is 21.9. The molecule has 1 amide bonds. The van der Waals surface area contributed by atoms with Crippen LogP contribution < -0.4 is 11.0 Å². The molecule has 0 atom stereocenters. The van der Waals surface area contributed by atoms with Gasteiger partial charge in [0.2, 0.25) is 0 Å². The number of imidazole rings is 1. The summed E-state index contributed by atoms with van der Waals surface area (Å²) in [5.74, 6) is 0.0582. The van der Waals surface area contributed by atoms with Crippen LogP contribution in [0.15, 0.2) is 77.6 Å². The molecule has 160 valence electrons. The number of nitrogens with one attached hydrogen (secondary N) is 3. The van der Waals surface area contributed by atoms with Gasteiger partial charge in [-0.05, 0) is 46.4 Å². The van der Waals surface area contributed by atoms with E-state index in [2.05, 4.69) is 39.6 Å². The maximum absolute atomic E-state index is 12.2. The summed E-state index contributed by atoms with van der Waals surface area (Å²) in [6, 6.07) is 22.3. The Morgan fingerprint density at radius 2 is 1.62 bits per heavy atom. The van der Waals surface area contributed by atoms with Gasteiger partial charge < -0.3 is 20.0 Å². The van der Waals surface area contributed by atoms with Crippen LogP contribution >= 0.6 is 0 Å². The maximum Gasteiger partial charge on any atom is 0.407 e. The van der Waals surface area contributed by atoms with Crippen LogP contribution in [-0.4, -0.2) is 29.2 Å². The number of H-pyrrole nitrogens is 2. The molecule has 0 aliphatic heterocycles. The van der Waals surface area contributed by atoms with Crippen LogP contribution in [0.4, 0.5) is 4.79 Å². The summed E-state index contributed by atoms with van der Waals surface area (Å²) in [5.41, 5.74) is 7.14. The third-order valence-corrected chi connectivity index (χ3v) is 5.77. The molecule has 0 radical (unpaired) electrons. The molecule has 0 unspecified atom stereocenters. The molecule has 0 bridgehead atoms. The molecule has 5 rings (SSSR count). The van der Waals surface area contributed by atoms with Crippen molar-refractivity contribution >= 4 is 23.2 Å². The van der Waals surface area contributed by atoms with E-state index in [-0.39, 0.29) is 11.6 Å². The molecule has 1 aliphatic rings. The third kappa shape index (κ3) is 3.95. The fraction of sp³-hybridized carbons (Fsp3) is 0.154. The van der Waals surface area contributed by atoms with Crippen molar-refractivity contribution in [3.63, 3.8) is 0 Å². The number of carbonyl (C=O) groups excluding carboxylic acids is 1. The van der Waals surface area contributed by atoms with Gasteiger partial charge >= 0.3 is 11.8 Å². The Bertz CT molecular complexity index is 1320. The monoisotopic (exact) mass is 425 g/mol. The highest BCUT2D eigenvalue weighted by Crippen LogP contribution is 2.44. The molecule has 1 aliphatic carbocycles. The van der Waals surface area contributed by atoms with Crippen LogP contribution in [-0.2, 0) is 4.74 Å². The lowest BCUT2D eigenvalue weighted by atomic mass is 9.98. The summed E-state index contributed by atoms with van der Waals surface area (Å²) in [7, 11) is 0. The Kier molecular flexibility index (Phi) is 5.34. The number of ether oxygens (including phenoxy) is 1. The van der Waals surface area contributed by atoms with Crippen LogP contribution in [0, 0.1) is 0 Å². The summed E-state index contributed by atoms with van der Waals surface area (Å²) in [4.78, 5) is 29.0. The van der Waals surface area contributed by atoms with E-state index in [4.69, 9.17) is 4.74 Å². The summed E-state index contributed by atoms with van der Waals surface area (Å²) in [6.45, 7) is 0.793. The fourth-order valence-corrected chi connectivity index (χ4v) is 4.28. The van der Waals surface area contributed by atoms with Gasteiger partial charge in [-0.1, -0.05) is 66.7 Å². The highest BCUT2D eigenvalue weighted by Gasteiger charge is 2.28. The molecule has 0 fully saturated rings. The van der Waals surface area contributed by atoms with Gasteiger partial charge in [-0.25, -0.2) is 9.59 Å². The molecule has 3 aromatic carbocycles. The quantitative estimate of drug-likeness (QED) is 0.388. The van der Waals surface area contributed by atoms with Crippen molar-refractivity contribution in [2.24, 2.45) is 0 Å². The van der Waals surface area contributed by atoms with Crippen molar-refractivity contribution in [1.29, 1.82) is 0 Å². The second kappa shape index (κ2) is 8.59. The Morgan fingerprint density at radius 1 is 0.938 bits per heavy atom. The van der Waals surface area contributed by atoms with Crippen LogP contribution in [0.3, 0.4) is 0 Å². The molecule has 4 aromatic rings. The minimum Gasteiger partial charge on any atom is -0.449 e. The summed E-state index contributed by atoms with van der Waals surface area (Å²) >= 11 is 0. The zero-order valence-electron chi connectivity index (χ0n) is 17.4. The summed E-state index contributed by atoms with van der Waals surface area (Å²) in [6.07, 6.45) is 4.21. The van der Waals surface area contributed by atoms with Crippen LogP contribution in [0.2, 0.25) is 0 Å². The standard InChI is InChI=1S/C26H23N3O3/c30-25-28-23-13-12-17(15-24(23)29-25)7-5-6-14-27-26(31)32-16-22-20-10-3-1-8-18(20)19-9-2-4-11-21(19)22/h1-5,7-13,15,22H,6,14,16H2,(H,27,31)(H2,28,29,30). The molecular weight excluding hydrogens is 402 g/mol. The Balaban J connectivity index is 1.12. The van der Waals surface area contributed by atoms with Crippen molar-refractivity contribution in [1.82, 2.24) is 15.3 Å². The highest BCUT2D eigenvalue weighted by molar-refractivity contribution is 5.79. The average molecular weight is 425 g/mol. The summed E-state index contributed by atoms with van der Waals surface area (Å²) < 4.78 is 5.54. The van der Waals surface area contributed by atoms with E-state index in [9.17, 15) is 9.59 Å². The number of benzene rings is 3. The SMILES string of the molecule is O=C(NCCC=Cc1ccc2[nH]c(=O)[nH]c2c1)OCC1c2ccccc2-c2ccccc21. The predicted octanol–water partition coefficient (Wildman–Crippen LogP) is 4.80. The van der Waals surface area contributed by atoms with Gasteiger partial charge in [-0.2, -0.15) is 0 Å². The second-order valence-electron chi connectivity index (χ2n) is 7.83. The third-order valence-electron chi connectivity index (χ3n) is 5.77. The van der Waals surface area contributed by atoms with Crippen molar-refractivity contribution < 1.29 is 9.53 Å². The molecule has 1 heterocycles. The maximum atomic E-state index is 12.2. The number of hydrogen-bond donors (Lipinski definition) is 3. The zero-order valence-corrected chi connectivity index (χ0v) is 17.4. The molecule has 0 spiro atoms. The van der Waals surface area contributed by atoms with Gasteiger partial charge in [0.25, 0.3) is 0 Å². The van der Waals surface area contributed by atoms with Gasteiger partial charge in [0.15, 0.2) is 0 Å². The van der Waals surface area contributed by atoms with E-state index in [0.29, 0.717) is 19.6 Å². The Labute approximate surface area is 185 Å². The second-order valence-corrected chi connectivity index (χ2v) is 7.83. The molecule has 0 saturated heterocycles. The first-order chi connectivity index (χ1) is 15.7. The minimum atomic E-state index is -0.411. The lowest BCUT2D eigenvalue weighted by Gasteiger charge is -2.14. The smallest absolute Gasteiger partial charge is 0.407 e. The largest absolute Gasteiger partial charge is 0.449 e. The van der Waals surface area contributed by atoms with Crippen molar-refractivity contribution in [3.8, 4) is 11.1 Å². The first kappa shape index (κ1) is 19.9. The van der Waals surface area contributed by atoms with Crippen molar-refractivity contribution in [2.75, 3.05) is 13.2 Å². The predicted molar refractivity (Wildman–Crippen MR) is 126 cm³/mol. The minimum absolute atomic E-state index is 0.0582. The molecule has 6 nitrogen and oxygen atoms in total. The molecule has 6 heteroatoms. The van der Waals surface area contributed by atoms with E-state index in [1.807, 2.05) is 54.6 Å². The molecule has 3 N–H and O–H groups in total. The highest BCUT2D eigenvalue weighted by atomic mass is 16.5. The lowest BCUT2D eigenvalue weighted by molar-refractivity contribution is 0.143. The molecule has 0 saturated carbocycles. The molecule has 1 aromatic heterocycles. The van der Waals surface area contributed by atoms with E-state index in [0.717, 1.165) is 16.6 Å². The van der Waals surface area contributed by atoms with Gasteiger partial charge in [0.1, 0.15) is 6.61 Å². The van der Waals surface area contributed by atoms with Crippen LogP contribution in [0.1, 0.15) is 29.0 Å². The average Bonchev–Trinajstić information content (AvgIpc) is 3.34. The molecule has 32 heavy (non-hydrogen) atoms. The first-order valence-electron chi connectivity index (χ1n) is 10.7. The number of rotatable bonds is 6. The van der Waals surface area contributed by atoms with Gasteiger partial charge in [-0.15, -0.1) is 0 Å². The summed E-state index contributed by atoms with van der Waals surface area (Å²) in [5, 5.41) is 2.81. The lowest BCUT2D eigenvalue weighted by Crippen LogP contribution is -2.26. The number of aromatic nitrogens is 2. The van der Waals surface area contributed by atoms with E-state index < -0.39 is 6.09 Å². The number of hydrogen-bond acceptors (Lipinski definition) is 3. The topological polar surface area (TPSA) is 87.0 Å². The van der Waals surface area contributed by atoms with Gasteiger partial charge in [0.05, 0.1) is 11.0 Å². The Morgan fingerprint density at radius 3 is 2.38 bits per heavy atom. The van der Waals surface area contributed by atoms with Crippen molar-refractivity contribution in [3.05, 3.63) is 100.0 Å². The van der Waals surface area contributed by atoms with Gasteiger partial charge in [0, 0.05) is 12.5 Å². The normalized spacial score (nSPS) is 12.8. The number of fused-ring (bicyclic) bond motifs is 4.